The summed E-state index contributed by atoms with van der Waals surface area (Å²) in [7, 11) is -1.32. The molecule has 2 aromatic rings. The molecule has 1 aliphatic rings. The molecule has 5 heteroatoms. The zero-order chi connectivity index (χ0) is 16.8. The highest BCUT2D eigenvalue weighted by Crippen LogP contribution is 2.28. The van der Waals surface area contributed by atoms with Gasteiger partial charge in [0.2, 0.25) is 5.91 Å². The number of benzene rings is 2. The van der Waals surface area contributed by atoms with Crippen LogP contribution < -0.4 is 0 Å². The Hall–Kier alpha value is -1.98. The van der Waals surface area contributed by atoms with Crippen LogP contribution in [0.1, 0.15) is 16.4 Å². The highest BCUT2D eigenvalue weighted by Gasteiger charge is 2.26. The maximum atomic E-state index is 13.0. The van der Waals surface area contributed by atoms with E-state index in [4.69, 9.17) is 4.74 Å². The van der Waals surface area contributed by atoms with Gasteiger partial charge in [0.15, 0.2) is 0 Å². The van der Waals surface area contributed by atoms with E-state index in [1.165, 1.54) is 0 Å². The SMILES string of the molecule is O=C(CS(=O)C(c1ccccc1)c1ccccc1)N1CCOCC1. The molecule has 0 bridgehead atoms. The fraction of sp³-hybridized carbons (Fsp3) is 0.316. The Balaban J connectivity index is 1.80. The summed E-state index contributed by atoms with van der Waals surface area (Å²) < 4.78 is 18.3. The zero-order valence-corrected chi connectivity index (χ0v) is 14.3. The molecule has 4 nitrogen and oxygen atoms in total. The van der Waals surface area contributed by atoms with Crippen LogP contribution in [0.5, 0.6) is 0 Å². The first-order valence-corrected chi connectivity index (χ1v) is 9.46. The lowest BCUT2D eigenvalue weighted by Gasteiger charge is -2.27. The minimum Gasteiger partial charge on any atom is -0.378 e. The zero-order valence-electron chi connectivity index (χ0n) is 13.5. The van der Waals surface area contributed by atoms with Crippen LogP contribution in [0.15, 0.2) is 60.7 Å². The van der Waals surface area contributed by atoms with Crippen molar-refractivity contribution in [3.8, 4) is 0 Å². The van der Waals surface area contributed by atoms with Gasteiger partial charge in [0.1, 0.15) is 5.75 Å². The third-order valence-electron chi connectivity index (χ3n) is 4.10. The molecule has 0 radical (unpaired) electrons. The maximum Gasteiger partial charge on any atom is 0.235 e. The number of hydrogen-bond acceptors (Lipinski definition) is 3. The second-order valence-electron chi connectivity index (χ2n) is 5.72. The summed E-state index contributed by atoms with van der Waals surface area (Å²) in [6.07, 6.45) is 0. The molecule has 0 saturated carbocycles. The number of carbonyl (C=O) groups is 1. The van der Waals surface area contributed by atoms with Gasteiger partial charge in [-0.1, -0.05) is 60.7 Å². The molecule has 1 fully saturated rings. The van der Waals surface area contributed by atoms with Crippen molar-refractivity contribution in [1.29, 1.82) is 0 Å². The first-order valence-electron chi connectivity index (χ1n) is 8.08. The molecule has 1 saturated heterocycles. The molecule has 0 N–H and O–H groups in total. The maximum absolute atomic E-state index is 13.0. The molecule has 1 atom stereocenters. The van der Waals surface area contributed by atoms with Gasteiger partial charge < -0.3 is 9.64 Å². The molecule has 1 aliphatic heterocycles. The van der Waals surface area contributed by atoms with Gasteiger partial charge in [-0.15, -0.1) is 0 Å². The van der Waals surface area contributed by atoms with E-state index in [1.807, 2.05) is 60.7 Å². The largest absolute Gasteiger partial charge is 0.378 e. The van der Waals surface area contributed by atoms with Crippen LogP contribution in [-0.2, 0) is 20.3 Å². The van der Waals surface area contributed by atoms with E-state index in [1.54, 1.807) is 4.90 Å². The third-order valence-corrected chi connectivity index (χ3v) is 5.70. The van der Waals surface area contributed by atoms with Crippen molar-refractivity contribution in [2.45, 2.75) is 5.25 Å². The summed E-state index contributed by atoms with van der Waals surface area (Å²) in [5.74, 6) is -0.0254. The number of hydrogen-bond donors (Lipinski definition) is 0. The van der Waals surface area contributed by atoms with E-state index in [2.05, 4.69) is 0 Å². The van der Waals surface area contributed by atoms with Crippen molar-refractivity contribution in [2.75, 3.05) is 32.1 Å². The van der Waals surface area contributed by atoms with Gasteiger partial charge in [-0.05, 0) is 11.1 Å². The van der Waals surface area contributed by atoms with E-state index >= 15 is 0 Å². The van der Waals surface area contributed by atoms with E-state index in [9.17, 15) is 9.00 Å². The van der Waals surface area contributed by atoms with E-state index in [0.29, 0.717) is 26.3 Å². The van der Waals surface area contributed by atoms with Gasteiger partial charge in [-0.25, -0.2) is 0 Å². The van der Waals surface area contributed by atoms with Crippen molar-refractivity contribution >= 4 is 16.7 Å². The Kier molecular flexibility index (Phi) is 5.77. The highest BCUT2D eigenvalue weighted by molar-refractivity contribution is 7.86. The Morgan fingerprint density at radius 3 is 1.96 bits per heavy atom. The van der Waals surface area contributed by atoms with E-state index < -0.39 is 10.8 Å². The normalized spacial score (nSPS) is 16.1. The average molecular weight is 343 g/mol. The van der Waals surface area contributed by atoms with Gasteiger partial charge in [0.25, 0.3) is 0 Å². The lowest BCUT2D eigenvalue weighted by Crippen LogP contribution is -2.43. The van der Waals surface area contributed by atoms with Crippen molar-refractivity contribution in [3.63, 3.8) is 0 Å². The number of rotatable bonds is 5. The molecule has 2 aromatic carbocycles. The first-order chi connectivity index (χ1) is 11.8. The summed E-state index contributed by atoms with van der Waals surface area (Å²) >= 11 is 0. The lowest BCUT2D eigenvalue weighted by atomic mass is 10.0. The summed E-state index contributed by atoms with van der Waals surface area (Å²) in [6.45, 7) is 2.27. The standard InChI is InChI=1S/C19H21NO3S/c21-18(20-11-13-23-14-12-20)15-24(22)19(16-7-3-1-4-8-16)17-9-5-2-6-10-17/h1-10,19H,11-15H2. The molecular formula is C19H21NO3S. The van der Waals surface area contributed by atoms with Crippen LogP contribution in [0, 0.1) is 0 Å². The predicted octanol–water partition coefficient (Wildman–Crippen LogP) is 2.38. The molecule has 0 spiro atoms. The first kappa shape index (κ1) is 16.9. The molecular weight excluding hydrogens is 322 g/mol. The Bertz CT molecular complexity index is 645. The summed E-state index contributed by atoms with van der Waals surface area (Å²) in [4.78, 5) is 14.2. The van der Waals surface area contributed by atoms with Gasteiger partial charge in [-0.3, -0.25) is 9.00 Å². The lowest BCUT2D eigenvalue weighted by molar-refractivity contribution is -0.132. The van der Waals surface area contributed by atoms with Crippen molar-refractivity contribution < 1.29 is 13.7 Å². The topological polar surface area (TPSA) is 46.6 Å². The van der Waals surface area contributed by atoms with Crippen molar-refractivity contribution in [2.24, 2.45) is 0 Å². The average Bonchev–Trinajstić information content (AvgIpc) is 2.64. The Morgan fingerprint density at radius 1 is 0.958 bits per heavy atom. The second kappa shape index (κ2) is 8.22. The quantitative estimate of drug-likeness (QED) is 0.837. The molecule has 126 valence electrons. The van der Waals surface area contributed by atoms with Crippen LogP contribution in [0.4, 0.5) is 0 Å². The fourth-order valence-electron chi connectivity index (χ4n) is 2.86. The minimum absolute atomic E-state index is 0.0362. The van der Waals surface area contributed by atoms with Crippen molar-refractivity contribution in [1.82, 2.24) is 4.90 Å². The number of morpholine rings is 1. The molecule has 0 aromatic heterocycles. The summed E-state index contributed by atoms with van der Waals surface area (Å²) in [6, 6.07) is 19.5. The smallest absolute Gasteiger partial charge is 0.235 e. The molecule has 24 heavy (non-hydrogen) atoms. The number of carbonyl (C=O) groups excluding carboxylic acids is 1. The van der Waals surface area contributed by atoms with Crippen molar-refractivity contribution in [3.05, 3.63) is 71.8 Å². The van der Waals surface area contributed by atoms with Gasteiger partial charge in [0, 0.05) is 23.9 Å². The third kappa shape index (κ3) is 4.10. The Labute approximate surface area is 144 Å². The van der Waals surface area contributed by atoms with Gasteiger partial charge in [-0.2, -0.15) is 0 Å². The van der Waals surface area contributed by atoms with Crippen LogP contribution in [0.2, 0.25) is 0 Å². The van der Waals surface area contributed by atoms with Crippen LogP contribution in [-0.4, -0.2) is 47.1 Å². The highest BCUT2D eigenvalue weighted by atomic mass is 32.2. The fourth-order valence-corrected chi connectivity index (χ4v) is 4.37. The predicted molar refractivity (Wildman–Crippen MR) is 95.1 cm³/mol. The summed E-state index contributed by atoms with van der Waals surface area (Å²) in [5, 5.41) is -0.294. The second-order valence-corrected chi connectivity index (χ2v) is 7.24. The number of nitrogens with zero attached hydrogens (tertiary/aromatic N) is 1. The molecule has 1 heterocycles. The molecule has 1 amide bonds. The Morgan fingerprint density at radius 2 is 1.46 bits per heavy atom. The minimum atomic E-state index is -1.32. The van der Waals surface area contributed by atoms with Gasteiger partial charge >= 0.3 is 0 Å². The summed E-state index contributed by atoms with van der Waals surface area (Å²) in [5.41, 5.74) is 1.94. The van der Waals surface area contributed by atoms with Crippen LogP contribution in [0.3, 0.4) is 0 Å². The van der Waals surface area contributed by atoms with E-state index in [-0.39, 0.29) is 16.9 Å². The van der Waals surface area contributed by atoms with Crippen LogP contribution >= 0.6 is 0 Å². The number of amides is 1. The molecule has 3 rings (SSSR count). The monoisotopic (exact) mass is 343 g/mol. The number of ether oxygens (including phenoxy) is 1. The molecule has 1 unspecified atom stereocenters. The van der Waals surface area contributed by atoms with Gasteiger partial charge in [0.05, 0.1) is 18.5 Å². The van der Waals surface area contributed by atoms with E-state index in [0.717, 1.165) is 11.1 Å². The van der Waals surface area contributed by atoms with Crippen LogP contribution in [0.25, 0.3) is 0 Å². The molecule has 0 aliphatic carbocycles.